The Kier molecular flexibility index (Phi) is 10.9. The highest BCUT2D eigenvalue weighted by atomic mass is 127. The van der Waals surface area contributed by atoms with Crippen molar-refractivity contribution in [2.75, 3.05) is 0 Å². The van der Waals surface area contributed by atoms with Crippen LogP contribution in [0.3, 0.4) is 0 Å². The molecule has 2 unspecified atom stereocenters. The number of hydrogen-bond donors (Lipinski definition) is 0. The number of nitrogens with zero attached hydrogens (tertiary/aromatic N) is 2. The summed E-state index contributed by atoms with van der Waals surface area (Å²) in [4.78, 5) is -2.53. The van der Waals surface area contributed by atoms with Crippen LogP contribution in [0.15, 0.2) is 279 Å². The molecule has 6 heteroatoms. The molecule has 0 spiro atoms. The second-order valence-electron chi connectivity index (χ2n) is 19.0. The standard InChI is InChI=1S/C68H46IN2OP2/c69-73(51-21-3-1-4-22-51,52-41-37-49(38-42-52)70-61-31-15-11-27-57(61)58-28-12-16-32-62(58)70)65-45-35-47-19-7-9-25-55(47)67(65)68-56-26-10-8-20-48(56)36-46-66(68)74(72,53-23-5-2-6-24-53)54-43-39-50(40-44-54)71-63-33-17-13-29-59(63)60-30-14-18-34-64(60)71/h1-46H/q+1. The first-order chi connectivity index (χ1) is 36.5. The molecule has 0 fully saturated rings. The van der Waals surface area contributed by atoms with Crippen molar-refractivity contribution in [3.05, 3.63) is 279 Å². The average Bonchev–Trinajstić information content (AvgIpc) is 4.04. The minimum absolute atomic E-state index is 0.783. The fraction of sp³-hybridized carbons (Fsp3) is 0. The van der Waals surface area contributed by atoms with Gasteiger partial charge in [0.2, 0.25) is 0 Å². The van der Waals surface area contributed by atoms with E-state index < -0.39 is 12.0 Å². The van der Waals surface area contributed by atoms with Gasteiger partial charge in [0.25, 0.3) is 0 Å². The Balaban J connectivity index is 1.03. The summed E-state index contributed by atoms with van der Waals surface area (Å²) < 4.78 is 22.2. The van der Waals surface area contributed by atoms with E-state index in [1.807, 2.05) is 18.2 Å². The zero-order valence-corrected chi connectivity index (χ0v) is 44.1. The molecule has 14 rings (SSSR count). The van der Waals surface area contributed by atoms with E-state index in [-0.39, 0.29) is 0 Å². The molecule has 350 valence electrons. The second-order valence-corrected chi connectivity index (χ2v) is 28.8. The van der Waals surface area contributed by atoms with Crippen molar-refractivity contribution in [2.45, 2.75) is 0 Å². The van der Waals surface area contributed by atoms with Gasteiger partial charge >= 0.3 is 0 Å². The Bertz CT molecular complexity index is 4420. The number of benzene rings is 12. The Morgan fingerprint density at radius 2 is 0.676 bits per heavy atom. The zero-order valence-electron chi connectivity index (χ0n) is 40.1. The molecule has 0 N–H and O–H groups in total. The highest BCUT2D eigenvalue weighted by Gasteiger charge is 2.47. The van der Waals surface area contributed by atoms with Crippen molar-refractivity contribution in [1.29, 1.82) is 0 Å². The number of hydrogen-bond acceptors (Lipinski definition) is 1. The summed E-state index contributed by atoms with van der Waals surface area (Å²) in [6, 6.07) is 100. The fourth-order valence-electron chi connectivity index (χ4n) is 11.7. The molecule has 0 radical (unpaired) electrons. The predicted octanol–water partition coefficient (Wildman–Crippen LogP) is 16.1. The smallest absolute Gasteiger partial charge is 0.173 e. The second kappa shape index (κ2) is 18.0. The van der Waals surface area contributed by atoms with Crippen LogP contribution in [-0.4, -0.2) is 9.13 Å². The Morgan fingerprint density at radius 3 is 1.18 bits per heavy atom. The van der Waals surface area contributed by atoms with E-state index in [0.29, 0.717) is 0 Å². The minimum atomic E-state index is -3.65. The lowest BCUT2D eigenvalue weighted by atomic mass is 9.93. The summed E-state index contributed by atoms with van der Waals surface area (Å²) in [5, 5.41) is 15.5. The molecule has 0 saturated heterocycles. The predicted molar refractivity (Wildman–Crippen MR) is 328 cm³/mol. The van der Waals surface area contributed by atoms with Crippen LogP contribution >= 0.6 is 34.1 Å². The number of fused-ring (bicyclic) bond motifs is 8. The third-order valence-corrected chi connectivity index (χ3v) is 26.1. The van der Waals surface area contributed by atoms with Gasteiger partial charge in [-0.3, -0.25) is 0 Å². The van der Waals surface area contributed by atoms with Crippen LogP contribution in [-0.2, 0) is 4.57 Å². The highest BCUT2D eigenvalue weighted by molar-refractivity contribution is 14.2. The number of halogens is 1. The van der Waals surface area contributed by atoms with E-state index in [4.69, 9.17) is 0 Å². The number of para-hydroxylation sites is 4. The largest absolute Gasteiger partial charge is 0.309 e. The Labute approximate surface area is 443 Å². The summed E-state index contributed by atoms with van der Waals surface area (Å²) in [6.45, 7) is 0. The highest BCUT2D eigenvalue weighted by Crippen LogP contribution is 2.65. The fourth-order valence-corrected chi connectivity index (χ4v) is 20.5. The van der Waals surface area contributed by atoms with Gasteiger partial charge in [0.1, 0.15) is 15.9 Å². The van der Waals surface area contributed by atoms with Crippen LogP contribution in [0.4, 0.5) is 0 Å². The van der Waals surface area contributed by atoms with Crippen LogP contribution in [0, 0.1) is 0 Å². The van der Waals surface area contributed by atoms with Gasteiger partial charge in [-0.1, -0.05) is 182 Å². The van der Waals surface area contributed by atoms with E-state index in [2.05, 4.69) is 292 Å². The van der Waals surface area contributed by atoms with Crippen molar-refractivity contribution < 1.29 is 4.57 Å². The summed E-state index contributed by atoms with van der Waals surface area (Å²) in [7, 11) is -3.65. The lowest BCUT2D eigenvalue weighted by molar-refractivity contribution is 0.592. The van der Waals surface area contributed by atoms with Gasteiger partial charge in [0.05, 0.1) is 22.1 Å². The maximum Gasteiger partial charge on any atom is 0.173 e. The lowest BCUT2D eigenvalue weighted by Crippen LogP contribution is -2.31. The molecule has 0 amide bonds. The van der Waals surface area contributed by atoms with E-state index in [1.165, 1.54) is 48.5 Å². The SMILES string of the molecule is O=P(c1ccccc1)(c1ccc(-n2c3ccccc3c3ccccc32)cc1)c1ccc2ccccc2c1-c1c([P+](I)(c2ccccc2)c2ccc(-n3c4ccccc4c4ccccc43)cc2)ccc2ccccc12. The summed E-state index contributed by atoms with van der Waals surface area (Å²) in [5.74, 6) is 0. The first-order valence-electron chi connectivity index (χ1n) is 25.0. The summed E-state index contributed by atoms with van der Waals surface area (Å²) in [5.41, 5.74) is 8.90. The van der Waals surface area contributed by atoms with Crippen LogP contribution in [0.1, 0.15) is 0 Å². The molecule has 0 aliphatic carbocycles. The molecule has 0 saturated carbocycles. The monoisotopic (exact) mass is 1100 g/mol. The maximum atomic E-state index is 17.4. The molecule has 14 aromatic rings. The molecule has 2 aromatic heterocycles. The van der Waals surface area contributed by atoms with Gasteiger partial charge in [-0.05, 0) is 119 Å². The Hall–Kier alpha value is -7.85. The molecule has 2 atom stereocenters. The molecule has 0 aliphatic rings. The van der Waals surface area contributed by atoms with Gasteiger partial charge in [-0.15, -0.1) is 0 Å². The molecule has 0 bridgehead atoms. The lowest BCUT2D eigenvalue weighted by Gasteiger charge is -2.28. The molecule has 74 heavy (non-hydrogen) atoms. The van der Waals surface area contributed by atoms with E-state index in [0.717, 1.165) is 71.0 Å². The van der Waals surface area contributed by atoms with Crippen LogP contribution in [0.25, 0.3) is 87.7 Å². The number of rotatable bonds is 9. The van der Waals surface area contributed by atoms with Crippen LogP contribution in [0.5, 0.6) is 0 Å². The van der Waals surface area contributed by atoms with Crippen molar-refractivity contribution in [3.63, 3.8) is 0 Å². The summed E-state index contributed by atoms with van der Waals surface area (Å²) in [6.07, 6.45) is 0. The van der Waals surface area contributed by atoms with E-state index in [9.17, 15) is 0 Å². The quantitative estimate of drug-likeness (QED) is 0.105. The first kappa shape index (κ1) is 44.8. The normalized spacial score (nSPS) is 13.5. The van der Waals surface area contributed by atoms with Gasteiger partial charge in [-0.25, -0.2) is 0 Å². The number of aromatic nitrogens is 2. The molecule has 0 aliphatic heterocycles. The van der Waals surface area contributed by atoms with Crippen molar-refractivity contribution in [1.82, 2.24) is 9.13 Å². The van der Waals surface area contributed by atoms with Crippen molar-refractivity contribution in [2.24, 2.45) is 0 Å². The van der Waals surface area contributed by atoms with Gasteiger partial charge in [0.15, 0.2) is 34.1 Å². The average molecular weight is 1100 g/mol. The molecule has 3 nitrogen and oxygen atoms in total. The van der Waals surface area contributed by atoms with Gasteiger partial charge < -0.3 is 13.7 Å². The molecule has 12 aromatic carbocycles. The topological polar surface area (TPSA) is 26.9 Å². The van der Waals surface area contributed by atoms with E-state index in [1.54, 1.807) is 0 Å². The zero-order chi connectivity index (χ0) is 49.4. The van der Waals surface area contributed by atoms with Gasteiger partial charge in [0, 0.05) is 60.0 Å². The molecular formula is C68H46IN2OP2+. The van der Waals surface area contributed by atoms with Gasteiger partial charge in [-0.2, -0.15) is 0 Å². The minimum Gasteiger partial charge on any atom is -0.309 e. The molecular weight excluding hydrogens is 1050 g/mol. The van der Waals surface area contributed by atoms with Crippen LogP contribution in [0.2, 0.25) is 0 Å². The third kappa shape index (κ3) is 6.93. The third-order valence-electron chi connectivity index (χ3n) is 15.1. The summed E-state index contributed by atoms with van der Waals surface area (Å²) >= 11 is 2.84. The van der Waals surface area contributed by atoms with Crippen molar-refractivity contribution >= 4 is 131 Å². The van der Waals surface area contributed by atoms with Crippen LogP contribution < -0.4 is 31.8 Å². The maximum absolute atomic E-state index is 17.4. The van der Waals surface area contributed by atoms with E-state index >= 15 is 4.57 Å². The van der Waals surface area contributed by atoms with Crippen molar-refractivity contribution in [3.8, 4) is 22.5 Å². The first-order valence-corrected chi connectivity index (χ1v) is 31.3. The molecule has 2 heterocycles. The Morgan fingerprint density at radius 1 is 0.311 bits per heavy atom.